The van der Waals surface area contributed by atoms with Gasteiger partial charge < -0.3 is 41.1 Å². The maximum absolute atomic E-state index is 13.6. The van der Waals surface area contributed by atoms with Gasteiger partial charge in [-0.25, -0.2) is 4.98 Å². The number of ketones is 3. The molecule has 0 aliphatic heterocycles. The van der Waals surface area contributed by atoms with E-state index in [0.717, 1.165) is 42.9 Å². The minimum Gasteiger partial charge on any atom is -0.397 e. The van der Waals surface area contributed by atoms with E-state index in [9.17, 15) is 34.8 Å². The number of Topliss-reactive ketones (excluding diaryl/α,β-unsaturated/α-hetero) is 3. The highest BCUT2D eigenvalue weighted by Gasteiger charge is 2.76. The summed E-state index contributed by atoms with van der Waals surface area (Å²) in [5.74, 6) is -0.454. The minimum atomic E-state index is -1.13. The summed E-state index contributed by atoms with van der Waals surface area (Å²) in [6.45, 7) is 40.1. The molecule has 1 aromatic heterocycles. The summed E-state index contributed by atoms with van der Waals surface area (Å²) < 4.78 is 0. The lowest BCUT2D eigenvalue weighted by molar-refractivity contribution is -0.221. The Hall–Kier alpha value is -1.63. The monoisotopic (exact) mass is 1170 g/mol. The Labute approximate surface area is 459 Å². The highest BCUT2D eigenvalue weighted by atomic mass is 79.9. The van der Waals surface area contributed by atoms with Gasteiger partial charge in [-0.15, -0.1) is 28.3 Å². The topological polar surface area (TPSA) is 198 Å². The zero-order valence-corrected chi connectivity index (χ0v) is 50.9. The molecule has 7 fully saturated rings. The normalized spacial score (nSPS) is 39.5. The summed E-state index contributed by atoms with van der Waals surface area (Å²) in [6, 6.07) is 1.52. The van der Waals surface area contributed by atoms with Gasteiger partial charge in [-0.3, -0.25) is 14.4 Å². The van der Waals surface area contributed by atoms with Crippen LogP contribution in [-0.2, 0) is 26.2 Å². The molecule has 408 valence electrons. The van der Waals surface area contributed by atoms with Gasteiger partial charge in [0.25, 0.3) is 0 Å². The first kappa shape index (κ1) is 61.2. The average Bonchev–Trinajstić information content (AvgIpc) is 3.73. The van der Waals surface area contributed by atoms with Gasteiger partial charge in [0.1, 0.15) is 0 Å². The lowest BCUT2D eigenvalue weighted by Crippen LogP contribution is -2.69. The Morgan fingerprint density at radius 2 is 1.14 bits per heavy atom. The van der Waals surface area contributed by atoms with Crippen LogP contribution in [0.1, 0.15) is 159 Å². The summed E-state index contributed by atoms with van der Waals surface area (Å²) in [4.78, 5) is 50.3. The SMILES string of the molecule is Br.C=C1C(=O)[C@@]23[C@H](O)C[C@@H]4C(C)(C)C(=O)C(Br)C[C@@]4(C)[C@@H]2CC[C@@H]1[C@H]3O.C=C1C(=O)[C@@]23[C@H](O)C[C@@H]4C(C)(C)c5nc(N(C(C)C)C(C)C)sc5C[C@@]4(C)[C@@H]2CC[C@H]1[C@H]3O.CC(C)N(C(N)=S)C(C)C.CCO. The number of hydrogen-bond acceptors (Lipinski definition) is 12. The molecule has 0 aromatic carbocycles. The van der Waals surface area contributed by atoms with Crippen molar-refractivity contribution < 1.29 is 39.9 Å². The van der Waals surface area contributed by atoms with Gasteiger partial charge in [-0.1, -0.05) is 70.6 Å². The zero-order chi connectivity index (χ0) is 53.8. The Morgan fingerprint density at radius 3 is 1.51 bits per heavy atom. The number of carbonyl (C=O) groups is 3. The van der Waals surface area contributed by atoms with Crippen LogP contribution in [0.3, 0.4) is 0 Å². The van der Waals surface area contributed by atoms with Gasteiger partial charge in [0.05, 0.1) is 45.8 Å². The van der Waals surface area contributed by atoms with E-state index >= 15 is 0 Å². The fourth-order valence-electron chi connectivity index (χ4n) is 17.1. The van der Waals surface area contributed by atoms with Gasteiger partial charge in [0.15, 0.2) is 27.6 Å². The Morgan fingerprint density at radius 1 is 0.736 bits per heavy atom. The van der Waals surface area contributed by atoms with Crippen LogP contribution in [0.25, 0.3) is 0 Å². The summed E-state index contributed by atoms with van der Waals surface area (Å²) >= 11 is 10.2. The maximum atomic E-state index is 13.6. The molecule has 1 heterocycles. The molecule has 15 atom stereocenters. The minimum absolute atomic E-state index is 0. The van der Waals surface area contributed by atoms with E-state index in [0.29, 0.717) is 59.7 Å². The number of alkyl halides is 1. The number of aliphatic hydroxyl groups is 5. The molecule has 2 spiro atoms. The third-order valence-corrected chi connectivity index (χ3v) is 21.7. The summed E-state index contributed by atoms with van der Waals surface area (Å²) in [5.41, 5.74) is 4.20. The fraction of sp³-hybridized carbons (Fsp3) is 0.804. The van der Waals surface area contributed by atoms with E-state index in [1.807, 2.05) is 18.7 Å². The van der Waals surface area contributed by atoms with Crippen molar-refractivity contribution in [1.82, 2.24) is 9.88 Å². The van der Waals surface area contributed by atoms with Crippen LogP contribution in [0, 0.1) is 62.6 Å². The van der Waals surface area contributed by atoms with Crippen LogP contribution in [-0.4, -0.2) is 118 Å². The second kappa shape index (κ2) is 21.3. The standard InChI is InChI=1S/C27H40N2O3S.C20H27BrO4.C7H16N2S.C2H6O.BrH/c1-13(2)29(14(3)4)24-28-21-17(33-24)12-26(8)18-10-9-16-15(5)22(31)27(18,23(16)32)20(30)11-19(26)25(21,6)7;1-9-10-5-6-12-19(4)8-11(21)17(25)18(2,3)13(19)7-14(22)20(12,15(9)23)16(10)24;1-5(2)9(6(3)4)7(8)10;1-2-3;/h13-14,16,18-20,23,30,32H,5,9-12H2,1-4,6-8H3;10-14,16,22,24H,1,5-8H2,2-4H3;5-6H,1-4H3,(H2,8,10);3H,2H2,1H3;1H/t16-,18+,19-,20-,23-,26+,27+;10-,11?,12-,13+,14+,16+,19-,20-;;;/m10.../s1. The van der Waals surface area contributed by atoms with E-state index in [2.05, 4.69) is 117 Å². The molecule has 0 radical (unpaired) electrons. The first-order valence-corrected chi connectivity index (χ1v) is 28.7. The van der Waals surface area contributed by atoms with Crippen molar-refractivity contribution in [3.05, 3.63) is 34.9 Å². The molecule has 8 aliphatic rings. The molecule has 9 rings (SSSR count). The lowest BCUT2D eigenvalue weighted by atomic mass is 9.39. The molecule has 0 amide bonds. The van der Waals surface area contributed by atoms with Gasteiger partial charge in [0, 0.05) is 58.3 Å². The van der Waals surface area contributed by atoms with Crippen molar-refractivity contribution in [3.8, 4) is 0 Å². The molecule has 7 N–H and O–H groups in total. The number of aliphatic hydroxyl groups excluding tert-OH is 5. The molecule has 1 unspecified atom stereocenters. The number of anilines is 1. The molecule has 1 aromatic rings. The van der Waals surface area contributed by atoms with Gasteiger partial charge in [-0.2, -0.15) is 0 Å². The quantitative estimate of drug-likeness (QED) is 0.0929. The second-order valence-electron chi connectivity index (χ2n) is 25.3. The third-order valence-electron chi connectivity index (χ3n) is 19.7. The third kappa shape index (κ3) is 8.93. The molecule has 12 nitrogen and oxygen atoms in total. The zero-order valence-electron chi connectivity index (χ0n) is 45.9. The molecule has 16 heteroatoms. The van der Waals surface area contributed by atoms with Crippen LogP contribution in [0.15, 0.2) is 24.3 Å². The number of nitrogens with two attached hydrogens (primary N) is 1. The van der Waals surface area contributed by atoms with Gasteiger partial charge in [0.2, 0.25) is 0 Å². The largest absolute Gasteiger partial charge is 0.397 e. The number of carbonyl (C=O) groups excluding carboxylic acids is 3. The second-order valence-corrected chi connectivity index (χ2v) is 27.9. The van der Waals surface area contributed by atoms with Crippen molar-refractivity contribution in [2.45, 2.75) is 214 Å². The molecule has 7 saturated carbocycles. The molecule has 72 heavy (non-hydrogen) atoms. The Bertz CT molecular complexity index is 2250. The number of hydrogen-bond donors (Lipinski definition) is 6. The molecule has 0 saturated heterocycles. The van der Waals surface area contributed by atoms with E-state index in [1.54, 1.807) is 18.3 Å². The van der Waals surface area contributed by atoms with E-state index < -0.39 is 40.7 Å². The number of thiocarbonyl (C=S) groups is 1. The van der Waals surface area contributed by atoms with Crippen molar-refractivity contribution >= 4 is 84.1 Å². The summed E-state index contributed by atoms with van der Waals surface area (Å²) in [5, 5.41) is 54.2. The van der Waals surface area contributed by atoms with E-state index in [1.165, 1.54) is 4.88 Å². The summed E-state index contributed by atoms with van der Waals surface area (Å²) in [7, 11) is 0. The van der Waals surface area contributed by atoms with E-state index in [-0.39, 0.29) is 97.5 Å². The maximum Gasteiger partial charge on any atom is 0.186 e. The Kier molecular flexibility index (Phi) is 18.1. The Balaban J connectivity index is 0.000000218. The highest BCUT2D eigenvalue weighted by Crippen LogP contribution is 2.72. The predicted molar refractivity (Wildman–Crippen MR) is 302 cm³/mol. The van der Waals surface area contributed by atoms with Crippen molar-refractivity contribution in [2.24, 2.45) is 68.3 Å². The van der Waals surface area contributed by atoms with Crippen LogP contribution in [0.4, 0.5) is 5.13 Å². The number of fused-ring (bicyclic) bond motifs is 7. The van der Waals surface area contributed by atoms with Crippen LogP contribution >= 0.6 is 56.5 Å². The number of rotatable bonds is 5. The summed E-state index contributed by atoms with van der Waals surface area (Å²) in [6.07, 6.45) is 2.14. The average molecular weight is 1170 g/mol. The van der Waals surface area contributed by atoms with Crippen molar-refractivity contribution in [2.75, 3.05) is 11.5 Å². The van der Waals surface area contributed by atoms with Crippen LogP contribution in [0.2, 0.25) is 0 Å². The number of nitrogens with zero attached hydrogens (tertiary/aromatic N) is 3. The smallest absolute Gasteiger partial charge is 0.186 e. The first-order chi connectivity index (χ1) is 32.7. The molecule has 4 bridgehead atoms. The highest BCUT2D eigenvalue weighted by molar-refractivity contribution is 9.10. The number of halogens is 2. The molecular formula is C56H90Br2N4O8S2. The molecule has 8 aliphatic carbocycles. The lowest BCUT2D eigenvalue weighted by Gasteiger charge is -2.65. The van der Waals surface area contributed by atoms with E-state index in [4.69, 9.17) is 28.0 Å². The van der Waals surface area contributed by atoms with Gasteiger partial charge in [-0.05, 0) is 172 Å². The number of thiazole rings is 1. The fourth-order valence-corrected chi connectivity index (χ4v) is 20.5. The predicted octanol–water partition coefficient (Wildman–Crippen LogP) is 9.07. The number of aromatic nitrogens is 1. The van der Waals surface area contributed by atoms with Gasteiger partial charge >= 0.3 is 0 Å². The van der Waals surface area contributed by atoms with Crippen molar-refractivity contribution in [1.29, 1.82) is 0 Å². The first-order valence-electron chi connectivity index (χ1n) is 26.5. The van der Waals surface area contributed by atoms with Crippen molar-refractivity contribution in [3.63, 3.8) is 0 Å². The van der Waals surface area contributed by atoms with Crippen LogP contribution < -0.4 is 10.6 Å². The van der Waals surface area contributed by atoms with Crippen LogP contribution in [0.5, 0.6) is 0 Å². The molecular weight excluding hydrogens is 1080 g/mol.